The van der Waals surface area contributed by atoms with Gasteiger partial charge in [0.15, 0.2) is 0 Å². The van der Waals surface area contributed by atoms with E-state index < -0.39 is 0 Å². The zero-order valence-electron chi connectivity index (χ0n) is 10.9. The topological polar surface area (TPSA) is 54.7 Å². The summed E-state index contributed by atoms with van der Waals surface area (Å²) in [7, 11) is 0. The Morgan fingerprint density at radius 1 is 1.31 bits per heavy atom. The molecular weight excluding hydrogens is 198 g/mol. The molecule has 0 amide bonds. The summed E-state index contributed by atoms with van der Waals surface area (Å²) in [5.74, 6) is 0.613. The monoisotopic (exact) mass is 219 g/mol. The third-order valence-corrected chi connectivity index (χ3v) is 3.07. The number of hydrogen-bond donors (Lipinski definition) is 1. The number of nitrogens with two attached hydrogens (primary N) is 1. The number of nitrogen functional groups attached to an aromatic ring is 1. The Bertz CT molecular complexity index is 428. The minimum atomic E-state index is 0.282. The molecule has 1 aromatic heterocycles. The van der Waals surface area contributed by atoms with Gasteiger partial charge in [0.25, 0.3) is 0 Å². The molecule has 3 nitrogen and oxygen atoms in total. The van der Waals surface area contributed by atoms with E-state index in [1.54, 1.807) is 0 Å². The van der Waals surface area contributed by atoms with Crippen molar-refractivity contribution in [2.45, 2.75) is 47.6 Å². The highest BCUT2D eigenvalue weighted by atomic mass is 15.1. The molecule has 0 aliphatic heterocycles. The molecule has 0 aliphatic carbocycles. The maximum absolute atomic E-state index is 9.02. The molecule has 0 bridgehead atoms. The Kier molecular flexibility index (Phi) is 3.32. The number of hydrogen-bond acceptors (Lipinski definition) is 2. The lowest BCUT2D eigenvalue weighted by Gasteiger charge is -2.19. The molecule has 0 fully saturated rings. The van der Waals surface area contributed by atoms with Crippen molar-refractivity contribution in [1.29, 1.82) is 5.26 Å². The predicted octanol–water partition coefficient (Wildman–Crippen LogP) is 3.00. The van der Waals surface area contributed by atoms with E-state index in [9.17, 15) is 0 Å². The highest BCUT2D eigenvalue weighted by Crippen LogP contribution is 2.26. The van der Waals surface area contributed by atoms with Gasteiger partial charge >= 0.3 is 0 Å². The van der Waals surface area contributed by atoms with Crippen LogP contribution in [0.25, 0.3) is 0 Å². The van der Waals surface area contributed by atoms with Crippen molar-refractivity contribution in [3.63, 3.8) is 0 Å². The van der Waals surface area contributed by atoms with E-state index in [0.29, 0.717) is 11.4 Å². The molecule has 88 valence electrons. The fourth-order valence-corrected chi connectivity index (χ4v) is 1.77. The minimum absolute atomic E-state index is 0.282. The summed E-state index contributed by atoms with van der Waals surface area (Å²) in [4.78, 5) is 0. The Hall–Kier alpha value is -1.43. The number of nitrogens with zero attached hydrogens (tertiary/aromatic N) is 2. The third-order valence-electron chi connectivity index (χ3n) is 3.07. The lowest BCUT2D eigenvalue weighted by Crippen LogP contribution is -2.13. The lowest BCUT2D eigenvalue weighted by atomic mass is 9.92. The molecule has 16 heavy (non-hydrogen) atoms. The number of nitriles is 1. The maximum atomic E-state index is 9.02. The fraction of sp³-hybridized carbons (Fsp3) is 0.615. The van der Waals surface area contributed by atoms with Gasteiger partial charge in [0.1, 0.15) is 11.9 Å². The normalized spacial score (nSPS) is 11.5. The van der Waals surface area contributed by atoms with Crippen molar-refractivity contribution in [3.8, 4) is 6.07 Å². The first-order valence-electron chi connectivity index (χ1n) is 5.63. The van der Waals surface area contributed by atoms with E-state index in [-0.39, 0.29) is 5.41 Å². The average molecular weight is 219 g/mol. The van der Waals surface area contributed by atoms with Crippen LogP contribution in [-0.4, -0.2) is 4.57 Å². The molecule has 0 unspecified atom stereocenters. The van der Waals surface area contributed by atoms with Gasteiger partial charge < -0.3 is 10.3 Å². The third kappa shape index (κ3) is 2.38. The largest absolute Gasteiger partial charge is 0.384 e. The first kappa shape index (κ1) is 12.6. The van der Waals surface area contributed by atoms with Crippen LogP contribution >= 0.6 is 0 Å². The predicted molar refractivity (Wildman–Crippen MR) is 67.1 cm³/mol. The zero-order valence-corrected chi connectivity index (χ0v) is 10.9. The molecule has 0 aliphatic rings. The van der Waals surface area contributed by atoms with Gasteiger partial charge in [0.2, 0.25) is 0 Å². The summed E-state index contributed by atoms with van der Waals surface area (Å²) in [6.45, 7) is 11.5. The molecule has 1 rings (SSSR count). The quantitative estimate of drug-likeness (QED) is 0.831. The summed E-state index contributed by atoms with van der Waals surface area (Å²) in [5, 5.41) is 9.02. The Morgan fingerprint density at radius 3 is 2.25 bits per heavy atom. The minimum Gasteiger partial charge on any atom is -0.384 e. The van der Waals surface area contributed by atoms with Crippen LogP contribution < -0.4 is 5.73 Å². The van der Waals surface area contributed by atoms with Gasteiger partial charge in [-0.15, -0.1) is 0 Å². The van der Waals surface area contributed by atoms with Gasteiger partial charge in [0, 0.05) is 12.2 Å². The van der Waals surface area contributed by atoms with Crippen molar-refractivity contribution in [2.75, 3.05) is 5.73 Å². The van der Waals surface area contributed by atoms with Gasteiger partial charge in [0.05, 0.1) is 5.56 Å². The van der Waals surface area contributed by atoms with E-state index in [0.717, 1.165) is 24.2 Å². The van der Waals surface area contributed by atoms with E-state index in [2.05, 4.69) is 31.4 Å². The van der Waals surface area contributed by atoms with E-state index in [1.165, 1.54) is 0 Å². The van der Waals surface area contributed by atoms with Crippen LogP contribution in [0.2, 0.25) is 0 Å². The summed E-state index contributed by atoms with van der Waals surface area (Å²) < 4.78 is 2.05. The van der Waals surface area contributed by atoms with E-state index in [1.807, 2.05) is 13.8 Å². The SMILES string of the molecule is Cc1c(C#N)c(N)n(CCC(C)(C)C)c1C. The van der Waals surface area contributed by atoms with Crippen molar-refractivity contribution in [1.82, 2.24) is 4.57 Å². The number of aromatic nitrogens is 1. The van der Waals surface area contributed by atoms with Gasteiger partial charge in [-0.25, -0.2) is 0 Å². The summed E-state index contributed by atoms with van der Waals surface area (Å²) in [5.41, 5.74) is 9.02. The highest BCUT2D eigenvalue weighted by Gasteiger charge is 2.17. The van der Waals surface area contributed by atoms with Gasteiger partial charge in [-0.3, -0.25) is 0 Å². The van der Waals surface area contributed by atoms with Crippen LogP contribution in [0.3, 0.4) is 0 Å². The van der Waals surface area contributed by atoms with Crippen molar-refractivity contribution in [2.24, 2.45) is 5.41 Å². The second-order valence-corrected chi connectivity index (χ2v) is 5.54. The Balaban J connectivity index is 3.03. The van der Waals surface area contributed by atoms with Crippen molar-refractivity contribution >= 4 is 5.82 Å². The average Bonchev–Trinajstić information content (AvgIpc) is 2.35. The maximum Gasteiger partial charge on any atom is 0.122 e. The lowest BCUT2D eigenvalue weighted by molar-refractivity contribution is 0.350. The van der Waals surface area contributed by atoms with Gasteiger partial charge in [-0.1, -0.05) is 20.8 Å². The van der Waals surface area contributed by atoms with Crippen LogP contribution in [0.5, 0.6) is 0 Å². The van der Waals surface area contributed by atoms with Gasteiger partial charge in [-0.2, -0.15) is 5.26 Å². The second-order valence-electron chi connectivity index (χ2n) is 5.54. The van der Waals surface area contributed by atoms with Crippen LogP contribution in [0.4, 0.5) is 5.82 Å². The standard InChI is InChI=1S/C13H21N3/c1-9-10(2)16(7-6-13(3,4)5)12(15)11(9)8-14/h6-7,15H2,1-5H3. The van der Waals surface area contributed by atoms with E-state index >= 15 is 0 Å². The molecule has 0 saturated carbocycles. The number of anilines is 1. The zero-order chi connectivity index (χ0) is 12.5. The summed E-state index contributed by atoms with van der Waals surface area (Å²) in [6.07, 6.45) is 1.05. The fourth-order valence-electron chi connectivity index (χ4n) is 1.77. The molecule has 2 N–H and O–H groups in total. The molecule has 0 atom stereocenters. The first-order chi connectivity index (χ1) is 7.28. The molecule has 1 heterocycles. The molecule has 0 spiro atoms. The number of rotatable bonds is 2. The van der Waals surface area contributed by atoms with E-state index in [4.69, 9.17) is 11.0 Å². The molecule has 0 aromatic carbocycles. The first-order valence-corrected chi connectivity index (χ1v) is 5.63. The van der Waals surface area contributed by atoms with Crippen LogP contribution in [0, 0.1) is 30.6 Å². The van der Waals surface area contributed by atoms with Crippen LogP contribution in [-0.2, 0) is 6.54 Å². The van der Waals surface area contributed by atoms with Gasteiger partial charge in [-0.05, 0) is 31.2 Å². The van der Waals surface area contributed by atoms with Crippen LogP contribution in [0.15, 0.2) is 0 Å². The molecule has 1 aromatic rings. The molecule has 0 radical (unpaired) electrons. The highest BCUT2D eigenvalue weighted by molar-refractivity contribution is 5.57. The Morgan fingerprint density at radius 2 is 1.88 bits per heavy atom. The van der Waals surface area contributed by atoms with Crippen molar-refractivity contribution in [3.05, 3.63) is 16.8 Å². The second kappa shape index (κ2) is 4.21. The van der Waals surface area contributed by atoms with Crippen LogP contribution in [0.1, 0.15) is 44.0 Å². The smallest absolute Gasteiger partial charge is 0.122 e. The molecule has 0 saturated heterocycles. The summed E-state index contributed by atoms with van der Waals surface area (Å²) in [6, 6.07) is 2.18. The Labute approximate surface area is 97.9 Å². The molecular formula is C13H21N3. The summed E-state index contributed by atoms with van der Waals surface area (Å²) >= 11 is 0. The molecule has 3 heteroatoms. The van der Waals surface area contributed by atoms with Crippen molar-refractivity contribution < 1.29 is 0 Å².